The molecule has 116 valence electrons. The first-order valence-corrected chi connectivity index (χ1v) is 6.31. The van der Waals surface area contributed by atoms with Crippen LogP contribution < -0.4 is 20.1 Å². The molecule has 0 spiro atoms. The second kappa shape index (κ2) is 11.0. The largest absolute Gasteiger partial charge is 0.486 e. The van der Waals surface area contributed by atoms with Gasteiger partial charge in [-0.25, -0.2) is 0 Å². The molecule has 1 aliphatic rings. The molecule has 20 heavy (non-hydrogen) atoms. The van der Waals surface area contributed by atoms with Crippen LogP contribution >= 0.6 is 24.8 Å². The number of hydrogen-bond donors (Lipinski definition) is 3. The number of aliphatic hydroxyl groups is 1. The first-order valence-electron chi connectivity index (χ1n) is 6.31. The molecule has 1 aromatic rings. The normalized spacial score (nSPS) is 12.2. The molecular weight excluding hydrogens is 303 g/mol. The molecule has 7 heteroatoms. The molecule has 1 aliphatic heterocycles. The maximum Gasteiger partial charge on any atom is 0.161 e. The number of benzene rings is 1. The first-order chi connectivity index (χ1) is 8.90. The molecule has 5 nitrogen and oxygen atoms in total. The van der Waals surface area contributed by atoms with Crippen LogP contribution in [0.2, 0.25) is 0 Å². The highest BCUT2D eigenvalue weighted by Crippen LogP contribution is 2.30. The van der Waals surface area contributed by atoms with Crippen LogP contribution in [-0.4, -0.2) is 44.6 Å². The summed E-state index contributed by atoms with van der Waals surface area (Å²) in [6, 6.07) is 6.01. The number of nitrogens with one attached hydrogen (secondary N) is 2. The smallest absolute Gasteiger partial charge is 0.161 e. The summed E-state index contributed by atoms with van der Waals surface area (Å²) in [7, 11) is 0. The second-order valence-electron chi connectivity index (χ2n) is 4.13. The third kappa shape index (κ3) is 6.15. The van der Waals surface area contributed by atoms with Crippen LogP contribution in [0.1, 0.15) is 5.56 Å². The maximum atomic E-state index is 8.60. The van der Waals surface area contributed by atoms with Gasteiger partial charge in [-0.2, -0.15) is 0 Å². The van der Waals surface area contributed by atoms with Crippen LogP contribution in [0, 0.1) is 0 Å². The third-order valence-corrected chi connectivity index (χ3v) is 2.70. The molecule has 0 bridgehead atoms. The van der Waals surface area contributed by atoms with E-state index in [1.807, 2.05) is 18.2 Å². The fraction of sp³-hybridized carbons (Fsp3) is 0.538. The highest BCUT2D eigenvalue weighted by atomic mass is 35.5. The Morgan fingerprint density at radius 2 is 1.65 bits per heavy atom. The van der Waals surface area contributed by atoms with Crippen LogP contribution in [0.15, 0.2) is 18.2 Å². The zero-order chi connectivity index (χ0) is 12.6. The number of hydrogen-bond acceptors (Lipinski definition) is 5. The van der Waals surface area contributed by atoms with E-state index in [1.54, 1.807) is 0 Å². The molecule has 0 saturated carbocycles. The molecule has 3 N–H and O–H groups in total. The van der Waals surface area contributed by atoms with E-state index >= 15 is 0 Å². The van der Waals surface area contributed by atoms with Gasteiger partial charge in [0.2, 0.25) is 0 Å². The van der Waals surface area contributed by atoms with E-state index in [-0.39, 0.29) is 31.4 Å². The average molecular weight is 325 g/mol. The van der Waals surface area contributed by atoms with Gasteiger partial charge < -0.3 is 25.2 Å². The zero-order valence-electron chi connectivity index (χ0n) is 11.3. The van der Waals surface area contributed by atoms with Crippen LogP contribution in [0.25, 0.3) is 0 Å². The van der Waals surface area contributed by atoms with Crippen molar-refractivity contribution < 1.29 is 14.6 Å². The van der Waals surface area contributed by atoms with E-state index in [0.29, 0.717) is 19.8 Å². The van der Waals surface area contributed by atoms with Crippen molar-refractivity contribution in [2.45, 2.75) is 6.54 Å². The topological polar surface area (TPSA) is 62.8 Å². The van der Waals surface area contributed by atoms with Gasteiger partial charge in [0.1, 0.15) is 13.2 Å². The van der Waals surface area contributed by atoms with Crippen molar-refractivity contribution in [2.75, 3.05) is 39.5 Å². The summed E-state index contributed by atoms with van der Waals surface area (Å²) in [6.45, 7) is 4.60. The standard InChI is InChI=1S/C13H20N2O3.2ClH/c16-6-5-14-3-4-15-10-11-1-2-12-13(9-11)18-8-7-17-12;;/h1-2,9,14-16H,3-8,10H2;2*1H. The fourth-order valence-corrected chi connectivity index (χ4v) is 1.81. The van der Waals surface area contributed by atoms with Crippen molar-refractivity contribution >= 4 is 24.8 Å². The lowest BCUT2D eigenvalue weighted by Crippen LogP contribution is -2.28. The SMILES string of the molecule is Cl.Cl.OCCNCCNCc1ccc2c(c1)OCCO2. The Morgan fingerprint density at radius 1 is 0.950 bits per heavy atom. The summed E-state index contributed by atoms with van der Waals surface area (Å²) in [6.07, 6.45) is 0. The van der Waals surface area contributed by atoms with Crippen molar-refractivity contribution in [3.63, 3.8) is 0 Å². The molecule has 0 unspecified atom stereocenters. The van der Waals surface area contributed by atoms with E-state index in [9.17, 15) is 0 Å². The van der Waals surface area contributed by atoms with Gasteiger partial charge in [0, 0.05) is 26.2 Å². The number of fused-ring (bicyclic) bond motifs is 1. The van der Waals surface area contributed by atoms with Gasteiger partial charge in [0.05, 0.1) is 6.61 Å². The predicted molar refractivity (Wildman–Crippen MR) is 83.6 cm³/mol. The Labute approximate surface area is 131 Å². The van der Waals surface area contributed by atoms with Gasteiger partial charge in [-0.15, -0.1) is 24.8 Å². The second-order valence-corrected chi connectivity index (χ2v) is 4.13. The highest BCUT2D eigenvalue weighted by molar-refractivity contribution is 5.85. The number of halogens is 2. The molecule has 0 aromatic heterocycles. The Morgan fingerprint density at radius 3 is 2.40 bits per heavy atom. The minimum Gasteiger partial charge on any atom is -0.486 e. The lowest BCUT2D eigenvalue weighted by atomic mass is 10.2. The summed E-state index contributed by atoms with van der Waals surface area (Å²) in [5.74, 6) is 1.66. The predicted octanol–water partition coefficient (Wildman–Crippen LogP) is 0.973. The summed E-state index contributed by atoms with van der Waals surface area (Å²) < 4.78 is 11.0. The van der Waals surface area contributed by atoms with Crippen molar-refractivity contribution in [1.82, 2.24) is 10.6 Å². The summed E-state index contributed by atoms with van der Waals surface area (Å²) in [4.78, 5) is 0. The molecule has 0 atom stereocenters. The van der Waals surface area contributed by atoms with Gasteiger partial charge in [-0.3, -0.25) is 0 Å². The molecule has 0 saturated heterocycles. The number of aliphatic hydroxyl groups excluding tert-OH is 1. The Balaban J connectivity index is 0.00000180. The third-order valence-electron chi connectivity index (χ3n) is 2.70. The Bertz CT molecular complexity index is 381. The fourth-order valence-electron chi connectivity index (χ4n) is 1.81. The van der Waals surface area contributed by atoms with Gasteiger partial charge in [0.15, 0.2) is 11.5 Å². The van der Waals surface area contributed by atoms with Crippen molar-refractivity contribution in [3.8, 4) is 11.5 Å². The van der Waals surface area contributed by atoms with Gasteiger partial charge >= 0.3 is 0 Å². The summed E-state index contributed by atoms with van der Waals surface area (Å²) >= 11 is 0. The summed E-state index contributed by atoms with van der Waals surface area (Å²) in [5, 5.41) is 15.0. The van der Waals surface area contributed by atoms with Gasteiger partial charge in [-0.1, -0.05) is 6.07 Å². The van der Waals surface area contributed by atoms with Crippen molar-refractivity contribution in [3.05, 3.63) is 23.8 Å². The molecule has 0 aliphatic carbocycles. The van der Waals surface area contributed by atoms with E-state index in [0.717, 1.165) is 31.1 Å². The zero-order valence-corrected chi connectivity index (χ0v) is 12.9. The molecule has 2 rings (SSSR count). The van der Waals surface area contributed by atoms with Crippen molar-refractivity contribution in [2.24, 2.45) is 0 Å². The van der Waals surface area contributed by atoms with E-state index in [2.05, 4.69) is 10.6 Å². The molecule has 1 heterocycles. The van der Waals surface area contributed by atoms with Gasteiger partial charge in [-0.05, 0) is 17.7 Å². The Kier molecular flexibility index (Phi) is 10.6. The quantitative estimate of drug-likeness (QED) is 0.652. The number of ether oxygens (including phenoxy) is 2. The van der Waals surface area contributed by atoms with Gasteiger partial charge in [0.25, 0.3) is 0 Å². The van der Waals surface area contributed by atoms with Crippen LogP contribution in [0.5, 0.6) is 11.5 Å². The first kappa shape index (κ1) is 19.3. The minimum absolute atomic E-state index is 0. The monoisotopic (exact) mass is 324 g/mol. The lowest BCUT2D eigenvalue weighted by molar-refractivity contribution is 0.171. The minimum atomic E-state index is 0. The van der Waals surface area contributed by atoms with Crippen LogP contribution in [0.4, 0.5) is 0 Å². The molecule has 1 aromatic carbocycles. The molecular formula is C13H22Cl2N2O3. The molecule has 0 amide bonds. The number of rotatable bonds is 7. The Hall–Kier alpha value is -0.720. The summed E-state index contributed by atoms with van der Waals surface area (Å²) in [5.41, 5.74) is 1.18. The molecule has 0 fully saturated rings. The van der Waals surface area contributed by atoms with E-state index in [1.165, 1.54) is 5.56 Å². The maximum absolute atomic E-state index is 8.60. The van der Waals surface area contributed by atoms with Crippen molar-refractivity contribution in [1.29, 1.82) is 0 Å². The lowest BCUT2D eigenvalue weighted by Gasteiger charge is -2.19. The highest BCUT2D eigenvalue weighted by Gasteiger charge is 2.11. The van der Waals surface area contributed by atoms with Crippen LogP contribution in [-0.2, 0) is 6.54 Å². The van der Waals surface area contributed by atoms with Crippen LogP contribution in [0.3, 0.4) is 0 Å². The average Bonchev–Trinajstić information content (AvgIpc) is 2.42. The van der Waals surface area contributed by atoms with E-state index in [4.69, 9.17) is 14.6 Å². The van der Waals surface area contributed by atoms with E-state index < -0.39 is 0 Å². The molecule has 0 radical (unpaired) electrons.